The molecule has 0 aromatic rings. The van der Waals surface area contributed by atoms with Crippen LogP contribution < -0.4 is 0 Å². The molecule has 6 nitrogen and oxygen atoms in total. The average molecular weight is 299 g/mol. The van der Waals surface area contributed by atoms with Gasteiger partial charge in [-0.05, 0) is 31.6 Å². The zero-order chi connectivity index (χ0) is 13.8. The lowest BCUT2D eigenvalue weighted by molar-refractivity contribution is 0.241. The Hall–Kier alpha value is -0.180. The van der Waals surface area contributed by atoms with Crippen LogP contribution in [0.25, 0.3) is 0 Å². The van der Waals surface area contributed by atoms with Gasteiger partial charge in [-0.3, -0.25) is 4.18 Å². The monoisotopic (exact) mass is 299 g/mol. The lowest BCUT2D eigenvalue weighted by Gasteiger charge is -2.30. The smallest absolute Gasteiger partial charge is 0.264 e. The Morgan fingerprint density at radius 1 is 1.11 bits per heavy atom. The van der Waals surface area contributed by atoms with Crippen molar-refractivity contribution in [1.29, 1.82) is 0 Å². The van der Waals surface area contributed by atoms with Crippen LogP contribution >= 0.6 is 0 Å². The molecule has 0 bridgehead atoms. The van der Waals surface area contributed by atoms with Crippen LogP contribution in [0.1, 0.15) is 25.7 Å². The van der Waals surface area contributed by atoms with Crippen molar-refractivity contribution in [3.8, 4) is 0 Å². The third-order valence-corrected chi connectivity index (χ3v) is 4.99. The topological polar surface area (TPSA) is 80.8 Å². The molecule has 0 unspecified atom stereocenters. The van der Waals surface area contributed by atoms with E-state index in [1.807, 2.05) is 0 Å². The van der Waals surface area contributed by atoms with Crippen LogP contribution in [0.3, 0.4) is 0 Å². The molecule has 0 spiro atoms. The van der Waals surface area contributed by atoms with E-state index in [1.54, 1.807) is 0 Å². The molecule has 1 heterocycles. The minimum absolute atomic E-state index is 0.213. The molecule has 1 aliphatic rings. The Kier molecular flexibility index (Phi) is 5.57. The number of rotatable bonds is 6. The highest BCUT2D eigenvalue weighted by Crippen LogP contribution is 2.23. The minimum atomic E-state index is -3.34. The van der Waals surface area contributed by atoms with Crippen LogP contribution in [0, 0.1) is 5.92 Å². The highest BCUT2D eigenvalue weighted by Gasteiger charge is 2.24. The Labute approximate surface area is 109 Å². The van der Waals surface area contributed by atoms with Crippen LogP contribution in [-0.2, 0) is 24.3 Å². The third-order valence-electron chi connectivity index (χ3n) is 3.10. The Morgan fingerprint density at radius 2 is 1.67 bits per heavy atom. The SMILES string of the molecule is CS(=O)(=O)OCCCC1CCN(S(C)(=O)=O)CC1. The first-order valence-electron chi connectivity index (χ1n) is 5.98. The molecule has 1 rings (SSSR count). The standard InChI is InChI=1S/C10H21NO5S2/c1-17(12,13)11-7-5-10(6-8-11)4-3-9-16-18(2,14)15/h10H,3-9H2,1-2H3. The maximum Gasteiger partial charge on any atom is 0.264 e. The fourth-order valence-corrected chi connectivity index (χ4v) is 3.41. The molecule has 0 N–H and O–H groups in total. The average Bonchev–Trinajstić information content (AvgIpc) is 2.22. The van der Waals surface area contributed by atoms with E-state index >= 15 is 0 Å². The van der Waals surface area contributed by atoms with Crippen LogP contribution in [-0.4, -0.2) is 53.3 Å². The van der Waals surface area contributed by atoms with Gasteiger partial charge in [-0.2, -0.15) is 8.42 Å². The summed E-state index contributed by atoms with van der Waals surface area (Å²) < 4.78 is 50.2. The molecule has 18 heavy (non-hydrogen) atoms. The maximum atomic E-state index is 11.3. The molecular formula is C10H21NO5S2. The normalized spacial score (nSPS) is 20.1. The number of piperidine rings is 1. The van der Waals surface area contributed by atoms with E-state index in [0.717, 1.165) is 25.5 Å². The van der Waals surface area contributed by atoms with Gasteiger partial charge >= 0.3 is 0 Å². The van der Waals surface area contributed by atoms with E-state index in [-0.39, 0.29) is 6.61 Å². The maximum absolute atomic E-state index is 11.3. The molecule has 0 amide bonds. The van der Waals surface area contributed by atoms with Gasteiger partial charge in [0.15, 0.2) is 0 Å². The second kappa shape index (κ2) is 6.31. The molecule has 8 heteroatoms. The van der Waals surface area contributed by atoms with Crippen LogP contribution in [0.2, 0.25) is 0 Å². The summed E-state index contributed by atoms with van der Waals surface area (Å²) in [6.07, 6.45) is 5.52. The van der Waals surface area contributed by atoms with E-state index in [2.05, 4.69) is 4.18 Å². The number of sulfonamides is 1. The number of nitrogens with zero attached hydrogens (tertiary/aromatic N) is 1. The van der Waals surface area contributed by atoms with Crippen molar-refractivity contribution >= 4 is 20.1 Å². The summed E-state index contributed by atoms with van der Waals surface area (Å²) >= 11 is 0. The van der Waals surface area contributed by atoms with Crippen molar-refractivity contribution < 1.29 is 21.0 Å². The van der Waals surface area contributed by atoms with Gasteiger partial charge in [0.05, 0.1) is 19.1 Å². The second-order valence-electron chi connectivity index (χ2n) is 4.77. The summed E-state index contributed by atoms with van der Waals surface area (Å²) in [4.78, 5) is 0. The van der Waals surface area contributed by atoms with Crippen molar-refractivity contribution in [3.63, 3.8) is 0 Å². The van der Waals surface area contributed by atoms with Crippen molar-refractivity contribution in [2.45, 2.75) is 25.7 Å². The number of hydrogen-bond donors (Lipinski definition) is 0. The molecule has 0 aromatic carbocycles. The molecule has 0 radical (unpaired) electrons. The summed E-state index contributed by atoms with van der Waals surface area (Å²) in [7, 11) is -6.41. The molecule has 0 atom stereocenters. The largest absolute Gasteiger partial charge is 0.270 e. The molecular weight excluding hydrogens is 278 g/mol. The predicted octanol–water partition coefficient (Wildman–Crippen LogP) is 0.414. The van der Waals surface area contributed by atoms with E-state index in [0.29, 0.717) is 25.4 Å². The van der Waals surface area contributed by atoms with Crippen molar-refractivity contribution in [3.05, 3.63) is 0 Å². The van der Waals surface area contributed by atoms with E-state index in [4.69, 9.17) is 0 Å². The van der Waals surface area contributed by atoms with Crippen LogP contribution in [0.5, 0.6) is 0 Å². The first-order chi connectivity index (χ1) is 8.18. The second-order valence-corrected chi connectivity index (χ2v) is 8.40. The predicted molar refractivity (Wildman–Crippen MR) is 69.2 cm³/mol. The Bertz CT molecular complexity index is 449. The van der Waals surface area contributed by atoms with Gasteiger partial charge in [-0.25, -0.2) is 12.7 Å². The molecule has 1 saturated heterocycles. The van der Waals surface area contributed by atoms with Gasteiger partial charge in [0.1, 0.15) is 0 Å². The van der Waals surface area contributed by atoms with Crippen LogP contribution in [0.4, 0.5) is 0 Å². The van der Waals surface area contributed by atoms with Crippen molar-refractivity contribution in [1.82, 2.24) is 4.31 Å². The lowest BCUT2D eigenvalue weighted by atomic mass is 9.93. The zero-order valence-electron chi connectivity index (χ0n) is 10.8. The van der Waals surface area contributed by atoms with E-state index in [1.165, 1.54) is 10.6 Å². The quantitative estimate of drug-likeness (QED) is 0.524. The van der Waals surface area contributed by atoms with Gasteiger partial charge < -0.3 is 0 Å². The van der Waals surface area contributed by atoms with Gasteiger partial charge in [-0.1, -0.05) is 0 Å². The first-order valence-corrected chi connectivity index (χ1v) is 9.64. The Balaban J connectivity index is 2.21. The fourth-order valence-electron chi connectivity index (χ4n) is 2.11. The number of hydrogen-bond acceptors (Lipinski definition) is 5. The zero-order valence-corrected chi connectivity index (χ0v) is 12.5. The molecule has 1 aliphatic heterocycles. The van der Waals surface area contributed by atoms with Crippen molar-refractivity contribution in [2.24, 2.45) is 5.92 Å². The fraction of sp³-hybridized carbons (Fsp3) is 1.00. The molecule has 1 fully saturated rings. The summed E-state index contributed by atoms with van der Waals surface area (Å²) in [5.74, 6) is 0.464. The molecule has 108 valence electrons. The third kappa shape index (κ3) is 6.12. The summed E-state index contributed by atoms with van der Waals surface area (Å²) in [5.41, 5.74) is 0. The van der Waals surface area contributed by atoms with E-state index in [9.17, 15) is 16.8 Å². The summed E-state index contributed by atoms with van der Waals surface area (Å²) in [5, 5.41) is 0. The van der Waals surface area contributed by atoms with Gasteiger partial charge in [0.2, 0.25) is 10.0 Å². The van der Waals surface area contributed by atoms with Gasteiger partial charge in [0.25, 0.3) is 10.1 Å². The van der Waals surface area contributed by atoms with Crippen molar-refractivity contribution in [2.75, 3.05) is 32.2 Å². The van der Waals surface area contributed by atoms with Gasteiger partial charge in [-0.15, -0.1) is 0 Å². The molecule has 0 aromatic heterocycles. The summed E-state index contributed by atoms with van der Waals surface area (Å²) in [6, 6.07) is 0. The highest BCUT2D eigenvalue weighted by molar-refractivity contribution is 7.88. The highest BCUT2D eigenvalue weighted by atomic mass is 32.2. The first kappa shape index (κ1) is 15.9. The van der Waals surface area contributed by atoms with Gasteiger partial charge in [0, 0.05) is 13.1 Å². The van der Waals surface area contributed by atoms with Crippen LogP contribution in [0.15, 0.2) is 0 Å². The molecule has 0 saturated carbocycles. The van der Waals surface area contributed by atoms with E-state index < -0.39 is 20.1 Å². The lowest BCUT2D eigenvalue weighted by Crippen LogP contribution is -2.37. The minimum Gasteiger partial charge on any atom is -0.270 e. The Morgan fingerprint density at radius 3 is 2.11 bits per heavy atom. The summed E-state index contributed by atoms with van der Waals surface area (Å²) in [6.45, 7) is 1.35. The molecule has 0 aliphatic carbocycles.